The summed E-state index contributed by atoms with van der Waals surface area (Å²) in [7, 11) is -4.18. The molecule has 0 atom stereocenters. The maximum atomic E-state index is 12.9. The van der Waals surface area contributed by atoms with Crippen LogP contribution >= 0.6 is 0 Å². The van der Waals surface area contributed by atoms with Crippen LogP contribution in [0.5, 0.6) is 0 Å². The molecule has 170 valence electrons. The molecule has 2 aromatic heterocycles. The predicted octanol–water partition coefficient (Wildman–Crippen LogP) is 4.09. The smallest absolute Gasteiger partial charge is 0.335 e. The molecule has 0 radical (unpaired) electrons. The predicted molar refractivity (Wildman–Crippen MR) is 124 cm³/mol. The number of nitrogens with zero attached hydrogens (tertiary/aromatic N) is 3. The van der Waals surface area contributed by atoms with Crippen molar-refractivity contribution in [3.63, 3.8) is 0 Å². The van der Waals surface area contributed by atoms with Gasteiger partial charge in [0.2, 0.25) is 0 Å². The van der Waals surface area contributed by atoms with E-state index < -0.39 is 16.0 Å². The molecular weight excluding hydrogens is 458 g/mol. The topological polar surface area (TPSA) is 151 Å². The van der Waals surface area contributed by atoms with Crippen molar-refractivity contribution in [2.45, 2.75) is 11.8 Å². The van der Waals surface area contributed by atoms with Crippen LogP contribution in [0.25, 0.3) is 33.9 Å². The van der Waals surface area contributed by atoms with E-state index in [1.54, 1.807) is 19.1 Å². The van der Waals surface area contributed by atoms with E-state index in [-0.39, 0.29) is 22.4 Å². The summed E-state index contributed by atoms with van der Waals surface area (Å²) in [6, 6.07) is 18.3. The molecule has 3 N–H and O–H groups in total. The molecule has 0 saturated heterocycles. The number of hydrogen-bond acceptors (Lipinski definition) is 7. The fraction of sp³-hybridized carbons (Fsp3) is 0.0435. The van der Waals surface area contributed by atoms with Crippen LogP contribution in [0.4, 0.5) is 6.01 Å². The van der Waals surface area contributed by atoms with Gasteiger partial charge in [0.05, 0.1) is 21.5 Å². The molecule has 10 nitrogen and oxygen atoms in total. The van der Waals surface area contributed by atoms with E-state index in [1.165, 1.54) is 12.1 Å². The maximum absolute atomic E-state index is 12.9. The first-order valence-corrected chi connectivity index (χ1v) is 11.5. The number of H-pyrrole nitrogens is 1. The Bertz CT molecular complexity index is 1620. The molecule has 0 fully saturated rings. The molecule has 0 aliphatic carbocycles. The van der Waals surface area contributed by atoms with Crippen molar-refractivity contribution in [3.8, 4) is 22.8 Å². The maximum Gasteiger partial charge on any atom is 0.335 e. The Morgan fingerprint density at radius 1 is 1.00 bits per heavy atom. The Hall–Kier alpha value is -4.51. The Morgan fingerprint density at radius 2 is 1.74 bits per heavy atom. The first-order chi connectivity index (χ1) is 16.3. The normalized spacial score (nSPS) is 11.6. The molecule has 3 aromatic carbocycles. The number of sulfonamides is 1. The lowest BCUT2D eigenvalue weighted by molar-refractivity contribution is 0.0696. The van der Waals surface area contributed by atoms with Crippen LogP contribution in [-0.4, -0.2) is 39.7 Å². The van der Waals surface area contributed by atoms with Crippen molar-refractivity contribution in [1.82, 2.24) is 20.2 Å². The van der Waals surface area contributed by atoms with E-state index in [4.69, 9.17) is 4.42 Å². The van der Waals surface area contributed by atoms with Gasteiger partial charge in [-0.1, -0.05) is 41.5 Å². The molecule has 2 heterocycles. The fourth-order valence-corrected chi connectivity index (χ4v) is 4.72. The lowest BCUT2D eigenvalue weighted by atomic mass is 10.1. The molecule has 0 bridgehead atoms. The lowest BCUT2D eigenvalue weighted by Crippen LogP contribution is -2.15. The second-order valence-electron chi connectivity index (χ2n) is 7.45. The second-order valence-corrected chi connectivity index (χ2v) is 9.10. The monoisotopic (exact) mass is 475 g/mol. The number of rotatable bonds is 6. The number of aromatic nitrogens is 4. The molecule has 0 aliphatic heterocycles. The zero-order valence-electron chi connectivity index (χ0n) is 17.7. The van der Waals surface area contributed by atoms with Crippen LogP contribution in [0.3, 0.4) is 0 Å². The molecule has 0 unspecified atom stereocenters. The second kappa shape index (κ2) is 8.12. The van der Waals surface area contributed by atoms with Crippen LogP contribution < -0.4 is 4.72 Å². The summed E-state index contributed by atoms with van der Waals surface area (Å²) >= 11 is 0. The average Bonchev–Trinajstić information content (AvgIpc) is 3.45. The van der Waals surface area contributed by atoms with Crippen LogP contribution in [0.15, 0.2) is 76.0 Å². The van der Waals surface area contributed by atoms with Gasteiger partial charge >= 0.3 is 12.0 Å². The van der Waals surface area contributed by atoms with Crippen LogP contribution in [0, 0.1) is 6.92 Å². The van der Waals surface area contributed by atoms with Gasteiger partial charge in [-0.25, -0.2) is 22.9 Å². The number of para-hydroxylation sites is 2. The number of carbonyl (C=O) groups is 1. The Kier molecular flexibility index (Phi) is 5.10. The number of benzene rings is 3. The van der Waals surface area contributed by atoms with Crippen molar-refractivity contribution >= 4 is 33.0 Å². The largest absolute Gasteiger partial charge is 0.478 e. The summed E-state index contributed by atoms with van der Waals surface area (Å²) in [6.07, 6.45) is 0. The Labute approximate surface area is 193 Å². The third-order valence-electron chi connectivity index (χ3n) is 5.17. The highest BCUT2D eigenvalue weighted by Crippen LogP contribution is 2.32. The van der Waals surface area contributed by atoms with Crippen molar-refractivity contribution in [1.29, 1.82) is 0 Å². The number of aromatic amines is 1. The van der Waals surface area contributed by atoms with Crippen molar-refractivity contribution < 1.29 is 22.7 Å². The summed E-state index contributed by atoms with van der Waals surface area (Å²) in [5, 5.41) is 17.0. The zero-order valence-corrected chi connectivity index (χ0v) is 18.5. The number of aromatic carboxylic acids is 1. The number of carboxylic acid groups (broad SMARTS) is 1. The summed E-state index contributed by atoms with van der Waals surface area (Å²) in [5.74, 6) is -0.554. The summed E-state index contributed by atoms with van der Waals surface area (Å²) in [4.78, 5) is 18.9. The van der Waals surface area contributed by atoms with E-state index in [1.807, 2.05) is 36.4 Å². The van der Waals surface area contributed by atoms with E-state index in [2.05, 4.69) is 24.9 Å². The first-order valence-electron chi connectivity index (χ1n) is 10.1. The van der Waals surface area contributed by atoms with E-state index in [0.717, 1.165) is 17.1 Å². The molecule has 0 aliphatic rings. The third-order valence-corrected chi connectivity index (χ3v) is 6.64. The van der Waals surface area contributed by atoms with Crippen molar-refractivity contribution in [2.24, 2.45) is 0 Å². The minimum absolute atomic E-state index is 0.0877. The van der Waals surface area contributed by atoms with Gasteiger partial charge in [0.1, 0.15) is 5.82 Å². The first kappa shape index (κ1) is 21.3. The van der Waals surface area contributed by atoms with Gasteiger partial charge in [-0.15, -0.1) is 5.10 Å². The quantitative estimate of drug-likeness (QED) is 0.332. The molecule has 0 amide bonds. The fourth-order valence-electron chi connectivity index (χ4n) is 3.52. The molecule has 34 heavy (non-hydrogen) atoms. The van der Waals surface area contributed by atoms with Gasteiger partial charge < -0.3 is 14.5 Å². The number of hydrogen-bond donors (Lipinski definition) is 3. The number of imidazole rings is 1. The zero-order chi connectivity index (χ0) is 23.9. The molecule has 5 rings (SSSR count). The highest BCUT2D eigenvalue weighted by atomic mass is 32.2. The summed E-state index contributed by atoms with van der Waals surface area (Å²) in [6.45, 7) is 1.56. The van der Waals surface area contributed by atoms with Crippen LogP contribution in [0.2, 0.25) is 0 Å². The molecule has 5 aromatic rings. The number of fused-ring (bicyclic) bond motifs is 1. The third kappa shape index (κ3) is 3.88. The van der Waals surface area contributed by atoms with Gasteiger partial charge in [-0.05, 0) is 42.8 Å². The average molecular weight is 475 g/mol. The highest BCUT2D eigenvalue weighted by Gasteiger charge is 2.23. The van der Waals surface area contributed by atoms with Gasteiger partial charge in [-0.2, -0.15) is 0 Å². The van der Waals surface area contributed by atoms with E-state index in [9.17, 15) is 18.3 Å². The highest BCUT2D eigenvalue weighted by molar-refractivity contribution is 7.92. The summed E-state index contributed by atoms with van der Waals surface area (Å²) in [5.41, 5.74) is 3.13. The van der Waals surface area contributed by atoms with E-state index in [0.29, 0.717) is 22.5 Å². The minimum Gasteiger partial charge on any atom is -0.478 e. The Morgan fingerprint density at radius 3 is 2.50 bits per heavy atom. The van der Waals surface area contributed by atoms with Crippen molar-refractivity contribution in [3.05, 3.63) is 77.9 Å². The SMILES string of the molecule is Cc1ccc(C(=O)O)cc1S(=O)(=O)Nc1nnc(-c2ccccc2-c2nc3ccccc3[nH]2)o1. The Balaban J connectivity index is 1.49. The number of nitrogens with one attached hydrogen (secondary N) is 2. The van der Waals surface area contributed by atoms with Crippen molar-refractivity contribution in [2.75, 3.05) is 4.72 Å². The molecule has 0 saturated carbocycles. The van der Waals surface area contributed by atoms with Gasteiger partial charge in [0.15, 0.2) is 0 Å². The molecular formula is C23H17N5O5S. The lowest BCUT2D eigenvalue weighted by Gasteiger charge is -2.08. The number of carboxylic acids is 1. The molecule has 0 spiro atoms. The minimum atomic E-state index is -4.18. The van der Waals surface area contributed by atoms with Crippen LogP contribution in [0.1, 0.15) is 15.9 Å². The summed E-state index contributed by atoms with van der Waals surface area (Å²) < 4.78 is 33.6. The number of anilines is 1. The van der Waals surface area contributed by atoms with Crippen LogP contribution in [-0.2, 0) is 10.0 Å². The van der Waals surface area contributed by atoms with E-state index >= 15 is 0 Å². The van der Waals surface area contributed by atoms with Gasteiger partial charge in [-0.3, -0.25) is 0 Å². The molecule has 11 heteroatoms. The standard InChI is InChI=1S/C23H17N5O5S/c1-13-10-11-14(22(29)30)12-19(13)34(31,32)28-23-27-26-21(33-23)16-7-3-2-6-15(16)20-24-17-8-4-5-9-18(17)25-20/h2-12H,1H3,(H,24,25)(H,27,28)(H,29,30). The van der Waals surface area contributed by atoms with Gasteiger partial charge in [0, 0.05) is 11.1 Å². The number of aryl methyl sites for hydroxylation is 1. The van der Waals surface area contributed by atoms with Gasteiger partial charge in [0.25, 0.3) is 15.9 Å².